The van der Waals surface area contributed by atoms with Crippen molar-refractivity contribution in [3.05, 3.63) is 24.4 Å². The lowest BCUT2D eigenvalue weighted by Gasteiger charge is -2.34. The van der Waals surface area contributed by atoms with Crippen LogP contribution in [0.3, 0.4) is 0 Å². The normalized spacial score (nSPS) is 31.0. The molecule has 1 N–H and O–H groups in total. The average Bonchev–Trinajstić information content (AvgIpc) is 3.39. The molecule has 0 unspecified atom stereocenters. The summed E-state index contributed by atoms with van der Waals surface area (Å²) in [5, 5.41) is 15.7. The van der Waals surface area contributed by atoms with E-state index < -0.39 is 0 Å². The van der Waals surface area contributed by atoms with Crippen LogP contribution >= 0.6 is 0 Å². The number of fused-ring (bicyclic) bond motifs is 1. The van der Waals surface area contributed by atoms with Crippen LogP contribution < -0.4 is 5.46 Å². The monoisotopic (exact) mass is 425 g/mol. The van der Waals surface area contributed by atoms with Crippen molar-refractivity contribution in [3.8, 4) is 0 Å². The standard InChI is InChI=1S/C24H36BN3O3/c1-23(2)24(3,4)31-25(30-23)21-6-5-7-22-20(21)14-26-28(22)15-17-8-10-18(11-9-17)27-13-12-19(29)16-27/h5-7,14,17-19,29H,8-13,15-16H2,1-4H3/t17?,18?,19-/m1/s1. The summed E-state index contributed by atoms with van der Waals surface area (Å²) in [4.78, 5) is 2.50. The van der Waals surface area contributed by atoms with Crippen molar-refractivity contribution in [2.24, 2.45) is 5.92 Å². The molecule has 1 atom stereocenters. The maximum absolute atomic E-state index is 9.84. The molecule has 1 saturated carbocycles. The second-order valence-electron chi connectivity index (χ2n) is 10.8. The van der Waals surface area contributed by atoms with Gasteiger partial charge in [0.05, 0.1) is 29.0 Å². The molecule has 5 rings (SSSR count). The van der Waals surface area contributed by atoms with Crippen molar-refractivity contribution < 1.29 is 14.4 Å². The smallest absolute Gasteiger partial charge is 0.399 e. The summed E-state index contributed by atoms with van der Waals surface area (Å²) in [6.07, 6.45) is 7.72. The molecule has 7 heteroatoms. The van der Waals surface area contributed by atoms with Crippen molar-refractivity contribution in [2.75, 3.05) is 13.1 Å². The Hall–Kier alpha value is -1.41. The highest BCUT2D eigenvalue weighted by Gasteiger charge is 2.52. The molecule has 0 bridgehead atoms. The molecule has 3 aliphatic rings. The minimum Gasteiger partial charge on any atom is -0.399 e. The van der Waals surface area contributed by atoms with Gasteiger partial charge in [-0.2, -0.15) is 5.10 Å². The summed E-state index contributed by atoms with van der Waals surface area (Å²) in [5.41, 5.74) is 1.54. The Morgan fingerprint density at radius 2 is 1.77 bits per heavy atom. The highest BCUT2D eigenvalue weighted by Crippen LogP contribution is 2.37. The summed E-state index contributed by atoms with van der Waals surface area (Å²) in [5.74, 6) is 0.660. The number of hydrogen-bond acceptors (Lipinski definition) is 5. The van der Waals surface area contributed by atoms with E-state index in [1.807, 2.05) is 6.20 Å². The minimum absolute atomic E-state index is 0.119. The Morgan fingerprint density at radius 1 is 1.06 bits per heavy atom. The zero-order valence-electron chi connectivity index (χ0n) is 19.4. The van der Waals surface area contributed by atoms with Gasteiger partial charge in [0.15, 0.2) is 0 Å². The van der Waals surface area contributed by atoms with E-state index in [1.54, 1.807) is 0 Å². The van der Waals surface area contributed by atoms with Crippen LogP contribution in [0.15, 0.2) is 24.4 Å². The van der Waals surface area contributed by atoms with Gasteiger partial charge in [0.2, 0.25) is 0 Å². The Bertz CT molecular complexity index is 919. The Labute approximate surface area is 186 Å². The van der Waals surface area contributed by atoms with Gasteiger partial charge in [0.25, 0.3) is 0 Å². The molecular formula is C24H36BN3O3. The van der Waals surface area contributed by atoms with E-state index in [1.165, 1.54) is 25.7 Å². The van der Waals surface area contributed by atoms with Crippen LogP contribution in [-0.2, 0) is 15.9 Å². The fourth-order valence-corrected chi connectivity index (χ4v) is 5.48. The number of aliphatic hydroxyl groups excluding tert-OH is 1. The highest BCUT2D eigenvalue weighted by molar-refractivity contribution is 6.65. The van der Waals surface area contributed by atoms with Crippen molar-refractivity contribution in [1.29, 1.82) is 0 Å². The third kappa shape index (κ3) is 3.95. The maximum Gasteiger partial charge on any atom is 0.495 e. The molecule has 0 radical (unpaired) electrons. The van der Waals surface area contributed by atoms with Crippen molar-refractivity contribution in [3.63, 3.8) is 0 Å². The summed E-state index contributed by atoms with van der Waals surface area (Å²) in [6.45, 7) is 11.3. The fraction of sp³-hybridized carbons (Fsp3) is 0.708. The summed E-state index contributed by atoms with van der Waals surface area (Å²) in [6, 6.07) is 7.01. The molecule has 3 heterocycles. The minimum atomic E-state index is -0.363. The lowest BCUT2D eigenvalue weighted by Crippen LogP contribution is -2.41. The van der Waals surface area contributed by atoms with Crippen LogP contribution in [0.2, 0.25) is 0 Å². The van der Waals surface area contributed by atoms with Crippen molar-refractivity contribution in [2.45, 2.75) is 89.7 Å². The van der Waals surface area contributed by atoms with Crippen LogP contribution in [0.4, 0.5) is 0 Å². The lowest BCUT2D eigenvalue weighted by atomic mass is 9.77. The third-order valence-corrected chi connectivity index (χ3v) is 8.19. The van der Waals surface area contributed by atoms with Gasteiger partial charge in [-0.1, -0.05) is 12.1 Å². The van der Waals surface area contributed by atoms with Crippen LogP contribution in [-0.4, -0.2) is 63.3 Å². The van der Waals surface area contributed by atoms with Gasteiger partial charge in [-0.25, -0.2) is 0 Å². The van der Waals surface area contributed by atoms with Gasteiger partial charge in [-0.05, 0) is 77.2 Å². The van der Waals surface area contributed by atoms with E-state index in [9.17, 15) is 5.11 Å². The van der Waals surface area contributed by atoms with E-state index >= 15 is 0 Å². The van der Waals surface area contributed by atoms with Gasteiger partial charge in [0.1, 0.15) is 0 Å². The van der Waals surface area contributed by atoms with Gasteiger partial charge in [-0.3, -0.25) is 9.58 Å². The zero-order valence-corrected chi connectivity index (χ0v) is 19.4. The quantitative estimate of drug-likeness (QED) is 0.764. The molecule has 2 aliphatic heterocycles. The Balaban J connectivity index is 1.28. The number of rotatable bonds is 4. The van der Waals surface area contributed by atoms with Crippen LogP contribution in [0.25, 0.3) is 10.9 Å². The molecule has 0 spiro atoms. The fourth-order valence-electron chi connectivity index (χ4n) is 5.48. The largest absolute Gasteiger partial charge is 0.495 e. The molecule has 1 aliphatic carbocycles. The number of β-amino-alcohol motifs (C(OH)–C–C–N with tert-alkyl or cyclic N) is 1. The van der Waals surface area contributed by atoms with E-state index in [0.717, 1.165) is 42.4 Å². The molecular weight excluding hydrogens is 389 g/mol. The van der Waals surface area contributed by atoms with Crippen LogP contribution in [0.5, 0.6) is 0 Å². The van der Waals surface area contributed by atoms with Crippen LogP contribution in [0, 0.1) is 5.92 Å². The Morgan fingerprint density at radius 3 is 2.42 bits per heavy atom. The third-order valence-electron chi connectivity index (χ3n) is 8.19. The second kappa shape index (κ2) is 7.87. The van der Waals surface area contributed by atoms with E-state index in [2.05, 4.69) is 55.5 Å². The van der Waals surface area contributed by atoms with Gasteiger partial charge in [0, 0.05) is 31.1 Å². The number of hydrogen-bond donors (Lipinski definition) is 1. The molecule has 1 aromatic heterocycles. The molecule has 1 aromatic carbocycles. The van der Waals surface area contributed by atoms with Gasteiger partial charge >= 0.3 is 7.12 Å². The first kappa shape index (κ1) is 21.4. The maximum atomic E-state index is 9.84. The molecule has 0 amide bonds. The predicted octanol–water partition coefficient (Wildman–Crippen LogP) is 2.96. The molecule has 168 valence electrons. The molecule has 2 aromatic rings. The first-order valence-electron chi connectivity index (χ1n) is 12.0. The number of benzene rings is 1. The van der Waals surface area contributed by atoms with E-state index in [0.29, 0.717) is 12.0 Å². The highest BCUT2D eigenvalue weighted by atomic mass is 16.7. The number of nitrogens with zero attached hydrogens (tertiary/aromatic N) is 3. The van der Waals surface area contributed by atoms with Crippen LogP contribution in [0.1, 0.15) is 59.8 Å². The first-order valence-corrected chi connectivity index (χ1v) is 12.0. The summed E-state index contributed by atoms with van der Waals surface area (Å²) < 4.78 is 14.8. The number of aromatic nitrogens is 2. The topological polar surface area (TPSA) is 59.8 Å². The molecule has 2 saturated heterocycles. The number of aliphatic hydroxyl groups is 1. The van der Waals surface area contributed by atoms with Gasteiger partial charge in [-0.15, -0.1) is 0 Å². The van der Waals surface area contributed by atoms with E-state index in [-0.39, 0.29) is 24.4 Å². The van der Waals surface area contributed by atoms with Crippen molar-refractivity contribution in [1.82, 2.24) is 14.7 Å². The van der Waals surface area contributed by atoms with Crippen molar-refractivity contribution >= 4 is 23.5 Å². The first-order chi connectivity index (χ1) is 14.7. The van der Waals surface area contributed by atoms with E-state index in [4.69, 9.17) is 14.4 Å². The van der Waals surface area contributed by atoms with Gasteiger partial charge < -0.3 is 14.4 Å². The Kier molecular flexibility index (Phi) is 5.44. The average molecular weight is 425 g/mol. The SMILES string of the molecule is CC1(C)OB(c2cccc3c2cnn3CC2CCC(N3CC[C@@H](O)C3)CC2)OC1(C)C. The zero-order chi connectivity index (χ0) is 21.8. The molecule has 3 fully saturated rings. The number of likely N-dealkylation sites (tertiary alicyclic amines) is 1. The summed E-state index contributed by atoms with van der Waals surface area (Å²) >= 11 is 0. The second-order valence-corrected chi connectivity index (χ2v) is 10.8. The molecule has 31 heavy (non-hydrogen) atoms. The lowest BCUT2D eigenvalue weighted by molar-refractivity contribution is 0.00578. The molecule has 6 nitrogen and oxygen atoms in total. The summed E-state index contributed by atoms with van der Waals surface area (Å²) in [7, 11) is -0.363. The predicted molar refractivity (Wildman–Crippen MR) is 123 cm³/mol.